The number of hydrogen-bond donors (Lipinski definition) is 0. The van der Waals surface area contributed by atoms with Crippen molar-refractivity contribution in [3.05, 3.63) is 92.8 Å². The van der Waals surface area contributed by atoms with Crippen LogP contribution in [0.2, 0.25) is 0 Å². The van der Waals surface area contributed by atoms with E-state index >= 15 is 0 Å². The van der Waals surface area contributed by atoms with Crippen molar-refractivity contribution >= 4 is 43.6 Å². The van der Waals surface area contributed by atoms with Gasteiger partial charge in [0.1, 0.15) is 5.58 Å². The SMILES string of the molecule is COc1ccc([C@@H]2c3c(oc4ccccc4c3=O)C(=O)N2c2nc3c(C)cc(C)cc3s2)cc1OC. The van der Waals surface area contributed by atoms with Gasteiger partial charge in [-0.15, -0.1) is 0 Å². The van der Waals surface area contributed by atoms with Crippen molar-refractivity contribution in [2.75, 3.05) is 19.1 Å². The molecule has 5 aromatic rings. The Balaban J connectivity index is 1.64. The molecule has 3 aromatic carbocycles. The normalized spacial score (nSPS) is 15.1. The third-order valence-electron chi connectivity index (χ3n) is 6.53. The average molecular weight is 499 g/mol. The van der Waals surface area contributed by atoms with Gasteiger partial charge in [-0.25, -0.2) is 4.98 Å². The van der Waals surface area contributed by atoms with Gasteiger partial charge in [-0.05, 0) is 60.9 Å². The summed E-state index contributed by atoms with van der Waals surface area (Å²) in [6.45, 7) is 4.03. The third kappa shape index (κ3) is 3.21. The van der Waals surface area contributed by atoms with Gasteiger partial charge in [-0.1, -0.05) is 35.6 Å². The number of carbonyl (C=O) groups is 1. The number of ether oxygens (including phenoxy) is 2. The van der Waals surface area contributed by atoms with Gasteiger partial charge in [0.25, 0.3) is 5.91 Å². The molecule has 0 saturated heterocycles. The topological polar surface area (TPSA) is 81.9 Å². The van der Waals surface area contributed by atoms with E-state index in [-0.39, 0.29) is 16.8 Å². The fourth-order valence-electron chi connectivity index (χ4n) is 4.92. The number of rotatable bonds is 4. The van der Waals surface area contributed by atoms with Gasteiger partial charge in [-0.2, -0.15) is 0 Å². The Morgan fingerprint density at radius 1 is 0.972 bits per heavy atom. The van der Waals surface area contributed by atoms with Crippen LogP contribution in [0.5, 0.6) is 11.5 Å². The number of methoxy groups -OCH3 is 2. The van der Waals surface area contributed by atoms with Crippen molar-refractivity contribution in [2.24, 2.45) is 0 Å². The fourth-order valence-corrected chi connectivity index (χ4v) is 6.09. The molecule has 6 rings (SSSR count). The van der Waals surface area contributed by atoms with Gasteiger partial charge in [0.2, 0.25) is 5.76 Å². The molecule has 180 valence electrons. The Morgan fingerprint density at radius 3 is 2.53 bits per heavy atom. The summed E-state index contributed by atoms with van der Waals surface area (Å²) >= 11 is 1.42. The van der Waals surface area contributed by atoms with Crippen molar-refractivity contribution in [3.63, 3.8) is 0 Å². The first-order valence-corrected chi connectivity index (χ1v) is 12.2. The summed E-state index contributed by atoms with van der Waals surface area (Å²) in [5.41, 5.74) is 4.09. The highest BCUT2D eigenvalue weighted by Gasteiger charge is 2.45. The van der Waals surface area contributed by atoms with Crippen LogP contribution in [0.1, 0.15) is 38.9 Å². The molecule has 0 radical (unpaired) electrons. The molecule has 1 atom stereocenters. The standard InChI is InChI=1S/C28H22N2O5S/c1-14-11-15(2)23-21(12-14)36-28(29-23)30-24(16-9-10-19(33-3)20(13-16)34-4)22-25(31)17-7-5-6-8-18(17)35-26(22)27(30)32/h5-13,24H,1-4H3/t24-/m1/s1. The van der Waals surface area contributed by atoms with Gasteiger partial charge in [0, 0.05) is 0 Å². The second kappa shape index (κ2) is 8.20. The highest BCUT2D eigenvalue weighted by atomic mass is 32.1. The van der Waals surface area contributed by atoms with E-state index in [0.29, 0.717) is 33.2 Å². The molecule has 36 heavy (non-hydrogen) atoms. The van der Waals surface area contributed by atoms with Crippen molar-refractivity contribution in [1.29, 1.82) is 0 Å². The number of nitrogens with zero attached hydrogens (tertiary/aromatic N) is 2. The van der Waals surface area contributed by atoms with E-state index in [9.17, 15) is 9.59 Å². The molecule has 0 saturated carbocycles. The first-order chi connectivity index (χ1) is 17.4. The van der Waals surface area contributed by atoms with E-state index in [1.54, 1.807) is 55.5 Å². The summed E-state index contributed by atoms with van der Waals surface area (Å²) < 4.78 is 18.0. The van der Waals surface area contributed by atoms with Gasteiger partial charge in [0.05, 0.1) is 41.4 Å². The monoisotopic (exact) mass is 498 g/mol. The van der Waals surface area contributed by atoms with E-state index in [4.69, 9.17) is 18.9 Å². The lowest BCUT2D eigenvalue weighted by Crippen LogP contribution is -2.29. The molecule has 1 aliphatic heterocycles. The minimum Gasteiger partial charge on any atom is -0.493 e. The largest absolute Gasteiger partial charge is 0.493 e. The Kier molecular flexibility index (Phi) is 5.08. The van der Waals surface area contributed by atoms with Crippen molar-refractivity contribution in [3.8, 4) is 11.5 Å². The van der Waals surface area contributed by atoms with Crippen LogP contribution in [-0.4, -0.2) is 25.1 Å². The van der Waals surface area contributed by atoms with E-state index < -0.39 is 11.9 Å². The predicted octanol–water partition coefficient (Wildman–Crippen LogP) is 5.79. The van der Waals surface area contributed by atoms with Crippen LogP contribution in [0.3, 0.4) is 0 Å². The molecule has 0 N–H and O–H groups in total. The van der Waals surface area contributed by atoms with Crippen LogP contribution in [-0.2, 0) is 0 Å². The van der Waals surface area contributed by atoms with Crippen LogP contribution in [0, 0.1) is 13.8 Å². The lowest BCUT2D eigenvalue weighted by molar-refractivity contribution is 0.0971. The molecule has 7 nitrogen and oxygen atoms in total. The van der Waals surface area contributed by atoms with Crippen molar-refractivity contribution in [1.82, 2.24) is 4.98 Å². The second-order valence-corrected chi connectivity index (χ2v) is 9.80. The molecule has 0 bridgehead atoms. The number of hydrogen-bond acceptors (Lipinski definition) is 7. The molecule has 0 spiro atoms. The molecule has 0 aliphatic carbocycles. The summed E-state index contributed by atoms with van der Waals surface area (Å²) in [5, 5.41) is 0.922. The van der Waals surface area contributed by atoms with Gasteiger partial charge in [0.15, 0.2) is 22.1 Å². The zero-order valence-corrected chi connectivity index (χ0v) is 20.9. The van der Waals surface area contributed by atoms with Crippen LogP contribution in [0.25, 0.3) is 21.2 Å². The Morgan fingerprint density at radius 2 is 1.75 bits per heavy atom. The number of aromatic nitrogens is 1. The lowest BCUT2D eigenvalue weighted by Gasteiger charge is -2.23. The van der Waals surface area contributed by atoms with Crippen molar-refractivity contribution < 1.29 is 18.7 Å². The lowest BCUT2D eigenvalue weighted by atomic mass is 9.98. The molecule has 3 heterocycles. The summed E-state index contributed by atoms with van der Waals surface area (Å²) in [7, 11) is 3.11. The number of fused-ring (bicyclic) bond motifs is 3. The average Bonchev–Trinajstić information content (AvgIpc) is 3.42. The highest BCUT2D eigenvalue weighted by Crippen LogP contribution is 2.45. The van der Waals surface area contributed by atoms with Crippen LogP contribution >= 0.6 is 11.3 Å². The first kappa shape index (κ1) is 22.3. The maximum absolute atomic E-state index is 13.9. The number of amides is 1. The van der Waals surface area contributed by atoms with Crippen LogP contribution in [0.4, 0.5) is 5.13 Å². The zero-order valence-electron chi connectivity index (χ0n) is 20.1. The molecule has 0 fully saturated rings. The second-order valence-electron chi connectivity index (χ2n) is 8.79. The smallest absolute Gasteiger partial charge is 0.297 e. The number of benzene rings is 3. The molecule has 8 heteroatoms. The van der Waals surface area contributed by atoms with Gasteiger partial charge >= 0.3 is 0 Å². The Hall–Kier alpha value is -4.17. The van der Waals surface area contributed by atoms with Gasteiger partial charge < -0.3 is 13.9 Å². The fraction of sp³-hybridized carbons (Fsp3) is 0.179. The maximum atomic E-state index is 13.9. The minimum absolute atomic E-state index is 0.0330. The van der Waals surface area contributed by atoms with Crippen LogP contribution < -0.4 is 19.8 Å². The van der Waals surface area contributed by atoms with E-state index in [0.717, 1.165) is 21.3 Å². The third-order valence-corrected chi connectivity index (χ3v) is 7.53. The minimum atomic E-state index is -0.741. The van der Waals surface area contributed by atoms with Crippen molar-refractivity contribution in [2.45, 2.75) is 19.9 Å². The summed E-state index contributed by atoms with van der Waals surface area (Å²) in [6, 6.07) is 15.7. The number of anilines is 1. The molecular weight excluding hydrogens is 476 g/mol. The summed E-state index contributed by atoms with van der Waals surface area (Å²) in [6.07, 6.45) is 0. The first-order valence-electron chi connectivity index (χ1n) is 11.4. The van der Waals surface area contributed by atoms with E-state index in [1.165, 1.54) is 11.3 Å². The quantitative estimate of drug-likeness (QED) is 0.312. The molecule has 0 unspecified atom stereocenters. The highest BCUT2D eigenvalue weighted by molar-refractivity contribution is 7.22. The molecular formula is C28H22N2O5S. The summed E-state index contributed by atoms with van der Waals surface area (Å²) in [4.78, 5) is 34.1. The Bertz CT molecular complexity index is 1750. The number of thiazole rings is 1. The number of para-hydroxylation sites is 1. The van der Waals surface area contributed by atoms with Crippen LogP contribution in [0.15, 0.2) is 63.8 Å². The Labute approximate surface area is 210 Å². The van der Waals surface area contributed by atoms with E-state index in [2.05, 4.69) is 12.1 Å². The molecule has 2 aromatic heterocycles. The summed E-state index contributed by atoms with van der Waals surface area (Å²) in [5.74, 6) is 0.678. The van der Waals surface area contributed by atoms with E-state index in [1.807, 2.05) is 19.9 Å². The number of carbonyl (C=O) groups excluding carboxylic acids is 1. The van der Waals surface area contributed by atoms with Gasteiger partial charge in [-0.3, -0.25) is 14.5 Å². The maximum Gasteiger partial charge on any atom is 0.297 e. The predicted molar refractivity (Wildman–Crippen MR) is 140 cm³/mol. The zero-order chi connectivity index (χ0) is 25.1. The number of aryl methyl sites for hydroxylation is 2. The molecule has 1 aliphatic rings. The molecule has 1 amide bonds.